The van der Waals surface area contributed by atoms with Crippen molar-refractivity contribution in [2.75, 3.05) is 7.11 Å². The van der Waals surface area contributed by atoms with Gasteiger partial charge < -0.3 is 9.47 Å². The van der Waals surface area contributed by atoms with E-state index in [2.05, 4.69) is 5.10 Å². The summed E-state index contributed by atoms with van der Waals surface area (Å²) in [5.41, 5.74) is 0.257. The van der Waals surface area contributed by atoms with Crippen LogP contribution in [0.3, 0.4) is 0 Å². The Morgan fingerprint density at radius 1 is 0.923 bits per heavy atom. The van der Waals surface area contributed by atoms with Crippen LogP contribution in [-0.4, -0.2) is 21.5 Å². The number of rotatable bonds is 4. The Bertz CT molecular complexity index is 1140. The molecule has 130 valence electrons. The van der Waals surface area contributed by atoms with Gasteiger partial charge in [0.2, 0.25) is 0 Å². The number of hydrogen-bond acceptors (Lipinski definition) is 4. The van der Waals surface area contributed by atoms with Gasteiger partial charge in [-0.2, -0.15) is 0 Å². The average Bonchev–Trinajstić information content (AvgIpc) is 2.96. The highest BCUT2D eigenvalue weighted by atomic mass is 16.5. The second-order valence-electron chi connectivity index (χ2n) is 5.81. The van der Waals surface area contributed by atoms with Crippen molar-refractivity contribution >= 4 is 10.8 Å². The molecule has 1 heterocycles. The molecule has 0 bridgehead atoms. The first kappa shape index (κ1) is 16.0. The Balaban J connectivity index is 1.80. The van der Waals surface area contributed by atoms with Crippen LogP contribution < -0.4 is 15.2 Å². The highest BCUT2D eigenvalue weighted by Gasteiger charge is 2.17. The van der Waals surface area contributed by atoms with E-state index in [9.17, 15) is 4.79 Å². The van der Waals surface area contributed by atoms with E-state index in [4.69, 9.17) is 9.47 Å². The maximum atomic E-state index is 12.5. The molecule has 4 rings (SSSR count). The van der Waals surface area contributed by atoms with Crippen molar-refractivity contribution in [1.82, 2.24) is 14.3 Å². The Morgan fingerprint density at radius 2 is 1.65 bits per heavy atom. The van der Waals surface area contributed by atoms with E-state index in [1.165, 1.54) is 16.4 Å². The standard InChI is InChI=1S/C20H17N3O3/c1-22-20(24)23(19(21-22)25-2)17-9-5-6-10-18(17)26-16-12-11-14-7-3-4-8-15(14)13-16/h3-13H,1-2H3. The summed E-state index contributed by atoms with van der Waals surface area (Å²) in [5.74, 6) is 1.23. The van der Waals surface area contributed by atoms with Crippen molar-refractivity contribution < 1.29 is 9.47 Å². The average molecular weight is 347 g/mol. The molecule has 0 amide bonds. The molecule has 4 aromatic rings. The molecule has 6 nitrogen and oxygen atoms in total. The number of aromatic nitrogens is 3. The molecule has 1 aromatic heterocycles. The van der Waals surface area contributed by atoms with Crippen molar-refractivity contribution in [3.8, 4) is 23.2 Å². The van der Waals surface area contributed by atoms with Gasteiger partial charge in [-0.3, -0.25) is 0 Å². The minimum atomic E-state index is -0.309. The smallest absolute Gasteiger partial charge is 0.353 e. The monoisotopic (exact) mass is 347 g/mol. The van der Waals surface area contributed by atoms with E-state index in [1.807, 2.05) is 60.7 Å². The number of aryl methyl sites for hydroxylation is 1. The van der Waals surface area contributed by atoms with E-state index in [1.54, 1.807) is 13.1 Å². The van der Waals surface area contributed by atoms with Crippen molar-refractivity contribution in [3.05, 3.63) is 77.2 Å². The van der Waals surface area contributed by atoms with Gasteiger partial charge >= 0.3 is 11.7 Å². The van der Waals surface area contributed by atoms with Crippen molar-refractivity contribution in [2.24, 2.45) is 7.05 Å². The molecule has 0 atom stereocenters. The van der Waals surface area contributed by atoms with E-state index in [0.29, 0.717) is 17.2 Å². The molecule has 0 fully saturated rings. The number of benzene rings is 3. The lowest BCUT2D eigenvalue weighted by Gasteiger charge is -2.12. The molecular formula is C20H17N3O3. The van der Waals surface area contributed by atoms with Gasteiger partial charge in [0.25, 0.3) is 0 Å². The molecule has 0 spiro atoms. The van der Waals surface area contributed by atoms with Gasteiger partial charge in [-0.25, -0.2) is 14.0 Å². The van der Waals surface area contributed by atoms with Crippen LogP contribution in [0.5, 0.6) is 17.5 Å². The van der Waals surface area contributed by atoms with Gasteiger partial charge in [-0.05, 0) is 35.0 Å². The summed E-state index contributed by atoms with van der Waals surface area (Å²) >= 11 is 0. The molecule has 26 heavy (non-hydrogen) atoms. The Kier molecular flexibility index (Phi) is 3.93. The number of ether oxygens (including phenoxy) is 2. The Morgan fingerprint density at radius 3 is 2.46 bits per heavy atom. The van der Waals surface area contributed by atoms with Gasteiger partial charge in [0.05, 0.1) is 12.8 Å². The lowest BCUT2D eigenvalue weighted by Crippen LogP contribution is -2.22. The van der Waals surface area contributed by atoms with Crippen LogP contribution in [-0.2, 0) is 7.05 Å². The van der Waals surface area contributed by atoms with Gasteiger partial charge in [-0.15, -0.1) is 5.10 Å². The summed E-state index contributed by atoms with van der Waals surface area (Å²) < 4.78 is 13.9. The van der Waals surface area contributed by atoms with Gasteiger partial charge in [0.15, 0.2) is 5.75 Å². The fraction of sp³-hybridized carbons (Fsp3) is 0.100. The summed E-state index contributed by atoms with van der Waals surface area (Å²) in [7, 11) is 3.05. The zero-order valence-electron chi connectivity index (χ0n) is 14.4. The second kappa shape index (κ2) is 6.40. The summed E-state index contributed by atoms with van der Waals surface area (Å²) in [6.07, 6.45) is 0. The van der Waals surface area contributed by atoms with E-state index >= 15 is 0 Å². The molecule has 0 saturated heterocycles. The predicted octanol–water partition coefficient (Wildman–Crippen LogP) is 3.53. The minimum Gasteiger partial charge on any atom is -0.467 e. The maximum absolute atomic E-state index is 12.5. The molecule has 6 heteroatoms. The first-order valence-electron chi connectivity index (χ1n) is 8.13. The molecule has 0 aliphatic heterocycles. The fourth-order valence-electron chi connectivity index (χ4n) is 2.87. The largest absolute Gasteiger partial charge is 0.467 e. The first-order chi connectivity index (χ1) is 12.7. The van der Waals surface area contributed by atoms with Crippen LogP contribution in [0.15, 0.2) is 71.5 Å². The van der Waals surface area contributed by atoms with Gasteiger partial charge in [0.1, 0.15) is 5.75 Å². The van der Waals surface area contributed by atoms with Crippen molar-refractivity contribution in [2.45, 2.75) is 0 Å². The molecule has 0 saturated carbocycles. The first-order valence-corrected chi connectivity index (χ1v) is 8.13. The van der Waals surface area contributed by atoms with Crippen LogP contribution in [0.4, 0.5) is 0 Å². The third-order valence-corrected chi connectivity index (χ3v) is 4.13. The quantitative estimate of drug-likeness (QED) is 0.567. The van der Waals surface area contributed by atoms with Crippen molar-refractivity contribution in [3.63, 3.8) is 0 Å². The molecule has 0 unspecified atom stereocenters. The maximum Gasteiger partial charge on any atom is 0.353 e. The predicted molar refractivity (Wildman–Crippen MR) is 99.4 cm³/mol. The molecule has 0 N–H and O–H groups in total. The Hall–Kier alpha value is -3.54. The lowest BCUT2D eigenvalue weighted by molar-refractivity contribution is 0.367. The fourth-order valence-corrected chi connectivity index (χ4v) is 2.87. The number of para-hydroxylation sites is 2. The normalized spacial score (nSPS) is 10.8. The second-order valence-corrected chi connectivity index (χ2v) is 5.81. The van der Waals surface area contributed by atoms with Crippen LogP contribution in [0.1, 0.15) is 0 Å². The number of nitrogens with zero attached hydrogens (tertiary/aromatic N) is 3. The topological polar surface area (TPSA) is 58.3 Å². The third-order valence-electron chi connectivity index (χ3n) is 4.13. The zero-order chi connectivity index (χ0) is 18.1. The van der Waals surface area contributed by atoms with Crippen LogP contribution in [0, 0.1) is 0 Å². The summed E-state index contributed by atoms with van der Waals surface area (Å²) in [6.45, 7) is 0. The van der Waals surface area contributed by atoms with Crippen molar-refractivity contribution in [1.29, 1.82) is 0 Å². The molecule has 0 aliphatic carbocycles. The van der Waals surface area contributed by atoms with Crippen LogP contribution in [0.2, 0.25) is 0 Å². The SMILES string of the molecule is COc1nn(C)c(=O)n1-c1ccccc1Oc1ccc2ccccc2c1. The lowest BCUT2D eigenvalue weighted by atomic mass is 10.1. The number of methoxy groups -OCH3 is 1. The summed E-state index contributed by atoms with van der Waals surface area (Å²) in [4.78, 5) is 12.5. The van der Waals surface area contributed by atoms with E-state index in [0.717, 1.165) is 10.8 Å². The zero-order valence-corrected chi connectivity index (χ0v) is 14.4. The molecular weight excluding hydrogens is 330 g/mol. The molecule has 0 aliphatic rings. The van der Waals surface area contributed by atoms with E-state index < -0.39 is 0 Å². The van der Waals surface area contributed by atoms with Gasteiger partial charge in [-0.1, -0.05) is 42.5 Å². The summed E-state index contributed by atoms with van der Waals surface area (Å²) in [6, 6.07) is 21.4. The van der Waals surface area contributed by atoms with E-state index in [-0.39, 0.29) is 11.7 Å². The molecule has 0 radical (unpaired) electrons. The Labute approximate surface area is 149 Å². The van der Waals surface area contributed by atoms with Crippen LogP contribution >= 0.6 is 0 Å². The number of hydrogen-bond donors (Lipinski definition) is 0. The third kappa shape index (κ3) is 2.71. The molecule has 3 aromatic carbocycles. The highest BCUT2D eigenvalue weighted by Crippen LogP contribution is 2.30. The highest BCUT2D eigenvalue weighted by molar-refractivity contribution is 5.83. The van der Waals surface area contributed by atoms with Crippen LogP contribution in [0.25, 0.3) is 16.5 Å². The number of fused-ring (bicyclic) bond motifs is 1. The summed E-state index contributed by atoms with van der Waals surface area (Å²) in [5, 5.41) is 6.30. The minimum absolute atomic E-state index is 0.201. The van der Waals surface area contributed by atoms with Gasteiger partial charge in [0, 0.05) is 7.05 Å².